The van der Waals surface area contributed by atoms with Crippen molar-refractivity contribution < 1.29 is 4.79 Å². The molecular formula is C16H22N6O. The van der Waals surface area contributed by atoms with Crippen LogP contribution in [-0.4, -0.2) is 38.2 Å². The summed E-state index contributed by atoms with van der Waals surface area (Å²) in [5.41, 5.74) is 6.54. The number of amides is 1. The fourth-order valence-electron chi connectivity index (χ4n) is 3.39. The molecule has 2 N–H and O–H groups in total. The minimum atomic E-state index is -0.225. The van der Waals surface area contributed by atoms with E-state index in [1.807, 2.05) is 22.8 Å². The van der Waals surface area contributed by atoms with Crippen LogP contribution in [0.5, 0.6) is 0 Å². The molecule has 1 aliphatic rings. The molecule has 7 nitrogen and oxygen atoms in total. The summed E-state index contributed by atoms with van der Waals surface area (Å²) in [4.78, 5) is 18.3. The zero-order valence-corrected chi connectivity index (χ0v) is 13.3. The zero-order valence-electron chi connectivity index (χ0n) is 13.3. The molecule has 1 amide bonds. The number of primary amides is 1. The van der Waals surface area contributed by atoms with E-state index >= 15 is 0 Å². The molecule has 0 aliphatic carbocycles. The van der Waals surface area contributed by atoms with Gasteiger partial charge in [0.25, 0.3) is 0 Å². The van der Waals surface area contributed by atoms with Crippen LogP contribution in [0.2, 0.25) is 0 Å². The van der Waals surface area contributed by atoms with Gasteiger partial charge >= 0.3 is 0 Å². The predicted octanol–water partition coefficient (Wildman–Crippen LogP) is 1.20. The molecule has 1 saturated heterocycles. The first-order valence-electron chi connectivity index (χ1n) is 8.04. The van der Waals surface area contributed by atoms with Crippen LogP contribution < -0.4 is 10.6 Å². The Bertz CT molecular complexity index is 656. The van der Waals surface area contributed by atoms with Crippen LogP contribution in [-0.2, 0) is 11.3 Å². The number of anilines is 1. The van der Waals surface area contributed by atoms with Gasteiger partial charge in [-0.3, -0.25) is 14.3 Å². The van der Waals surface area contributed by atoms with E-state index in [-0.39, 0.29) is 17.9 Å². The molecule has 7 heteroatoms. The van der Waals surface area contributed by atoms with Crippen LogP contribution in [0.25, 0.3) is 0 Å². The summed E-state index contributed by atoms with van der Waals surface area (Å²) >= 11 is 0. The summed E-state index contributed by atoms with van der Waals surface area (Å²) in [7, 11) is 0. The fourth-order valence-corrected chi connectivity index (χ4v) is 3.39. The maximum atomic E-state index is 11.8. The first-order valence-corrected chi connectivity index (χ1v) is 8.04. The number of hydrogen-bond acceptors (Lipinski definition) is 5. The Morgan fingerprint density at radius 1 is 1.43 bits per heavy atom. The van der Waals surface area contributed by atoms with Crippen molar-refractivity contribution in [3.05, 3.63) is 36.4 Å². The summed E-state index contributed by atoms with van der Waals surface area (Å²) in [6, 6.07) is 5.91. The molecule has 0 spiro atoms. The number of hydrogen-bond donors (Lipinski definition) is 1. The Balaban J connectivity index is 1.86. The highest BCUT2D eigenvalue weighted by molar-refractivity contribution is 5.78. The Morgan fingerprint density at radius 3 is 3.00 bits per heavy atom. The van der Waals surface area contributed by atoms with E-state index in [1.165, 1.54) is 0 Å². The fraction of sp³-hybridized carbons (Fsp3) is 0.500. The van der Waals surface area contributed by atoms with Crippen LogP contribution in [0.4, 0.5) is 5.95 Å². The second kappa shape index (κ2) is 6.76. The topological polar surface area (TPSA) is 89.9 Å². The molecule has 2 aromatic rings. The van der Waals surface area contributed by atoms with Gasteiger partial charge in [0, 0.05) is 18.8 Å². The normalized spacial score (nSPS) is 21.3. The Kier molecular flexibility index (Phi) is 4.55. The predicted molar refractivity (Wildman–Crippen MR) is 86.7 cm³/mol. The first-order chi connectivity index (χ1) is 11.2. The molecule has 0 bridgehead atoms. The van der Waals surface area contributed by atoms with Crippen molar-refractivity contribution in [2.75, 3.05) is 11.4 Å². The smallest absolute Gasteiger partial charge is 0.227 e. The average Bonchev–Trinajstić information content (AvgIpc) is 3.02. The molecule has 2 aromatic heterocycles. The number of pyridine rings is 1. The molecule has 3 rings (SSSR count). The zero-order chi connectivity index (χ0) is 16.2. The third-order valence-electron chi connectivity index (χ3n) is 4.47. The maximum Gasteiger partial charge on any atom is 0.227 e. The monoisotopic (exact) mass is 314 g/mol. The van der Waals surface area contributed by atoms with Crippen LogP contribution in [0.1, 0.15) is 31.9 Å². The SMILES string of the molecule is CCC1C(C(N)=O)CCCN1c1nncn1Cc1ccccn1. The van der Waals surface area contributed by atoms with Gasteiger partial charge < -0.3 is 10.6 Å². The van der Waals surface area contributed by atoms with E-state index in [0.717, 1.165) is 37.4 Å². The lowest BCUT2D eigenvalue weighted by Gasteiger charge is -2.40. The average molecular weight is 314 g/mol. The van der Waals surface area contributed by atoms with Gasteiger partial charge in [0.05, 0.1) is 18.2 Å². The highest BCUT2D eigenvalue weighted by atomic mass is 16.1. The minimum absolute atomic E-state index is 0.0768. The number of aromatic nitrogens is 4. The summed E-state index contributed by atoms with van der Waals surface area (Å²) in [5.74, 6) is 0.430. The van der Waals surface area contributed by atoms with E-state index in [0.29, 0.717) is 6.54 Å². The molecular weight excluding hydrogens is 292 g/mol. The quantitative estimate of drug-likeness (QED) is 0.895. The van der Waals surface area contributed by atoms with Gasteiger partial charge in [-0.25, -0.2) is 0 Å². The lowest BCUT2D eigenvalue weighted by Crippen LogP contribution is -2.50. The van der Waals surface area contributed by atoms with Gasteiger partial charge in [-0.2, -0.15) is 0 Å². The van der Waals surface area contributed by atoms with E-state index in [2.05, 4.69) is 27.0 Å². The first kappa shape index (κ1) is 15.5. The van der Waals surface area contributed by atoms with Crippen LogP contribution in [0.15, 0.2) is 30.7 Å². The molecule has 0 radical (unpaired) electrons. The summed E-state index contributed by atoms with van der Waals surface area (Å²) < 4.78 is 1.98. The number of carbonyl (C=O) groups is 1. The molecule has 3 heterocycles. The Labute approximate surface area is 135 Å². The number of carbonyl (C=O) groups excluding carboxylic acids is 1. The lowest BCUT2D eigenvalue weighted by atomic mass is 9.87. The molecule has 2 atom stereocenters. The van der Waals surface area contributed by atoms with Crippen LogP contribution in [0, 0.1) is 5.92 Å². The van der Waals surface area contributed by atoms with Gasteiger partial charge in [0.2, 0.25) is 11.9 Å². The molecule has 1 fully saturated rings. The molecule has 122 valence electrons. The van der Waals surface area contributed by atoms with Gasteiger partial charge in [-0.05, 0) is 31.4 Å². The van der Waals surface area contributed by atoms with E-state index in [4.69, 9.17) is 5.73 Å². The summed E-state index contributed by atoms with van der Waals surface area (Å²) in [6.45, 7) is 3.55. The number of rotatable bonds is 5. The van der Waals surface area contributed by atoms with Crippen molar-refractivity contribution in [3.8, 4) is 0 Å². The largest absolute Gasteiger partial charge is 0.369 e. The second-order valence-corrected chi connectivity index (χ2v) is 5.90. The maximum absolute atomic E-state index is 11.8. The third kappa shape index (κ3) is 3.18. The Morgan fingerprint density at radius 2 is 2.30 bits per heavy atom. The highest BCUT2D eigenvalue weighted by Crippen LogP contribution is 2.29. The molecule has 23 heavy (non-hydrogen) atoms. The van der Waals surface area contributed by atoms with Crippen molar-refractivity contribution in [2.24, 2.45) is 11.7 Å². The van der Waals surface area contributed by atoms with Gasteiger partial charge in [0.1, 0.15) is 6.33 Å². The number of nitrogens with two attached hydrogens (primary N) is 1. The van der Waals surface area contributed by atoms with Gasteiger partial charge in [0.15, 0.2) is 0 Å². The van der Waals surface area contributed by atoms with Crippen molar-refractivity contribution in [3.63, 3.8) is 0 Å². The van der Waals surface area contributed by atoms with E-state index in [9.17, 15) is 4.79 Å². The van der Waals surface area contributed by atoms with Crippen molar-refractivity contribution in [2.45, 2.75) is 38.8 Å². The number of piperidine rings is 1. The van der Waals surface area contributed by atoms with Crippen LogP contribution in [0.3, 0.4) is 0 Å². The van der Waals surface area contributed by atoms with E-state index in [1.54, 1.807) is 12.5 Å². The summed E-state index contributed by atoms with van der Waals surface area (Å²) in [6.07, 6.45) is 6.12. The molecule has 1 aliphatic heterocycles. The minimum Gasteiger partial charge on any atom is -0.369 e. The second-order valence-electron chi connectivity index (χ2n) is 5.90. The third-order valence-corrected chi connectivity index (χ3v) is 4.47. The van der Waals surface area contributed by atoms with Crippen molar-refractivity contribution >= 4 is 11.9 Å². The van der Waals surface area contributed by atoms with E-state index < -0.39 is 0 Å². The van der Waals surface area contributed by atoms with Crippen molar-refractivity contribution in [1.29, 1.82) is 0 Å². The number of nitrogens with zero attached hydrogens (tertiary/aromatic N) is 5. The molecule has 0 saturated carbocycles. The highest BCUT2D eigenvalue weighted by Gasteiger charge is 2.35. The standard InChI is InChI=1S/C16H22N6O/c1-2-14-13(15(17)23)7-5-9-22(14)16-20-19-11-21(16)10-12-6-3-4-8-18-12/h3-4,6,8,11,13-14H,2,5,7,9-10H2,1H3,(H2,17,23). The molecule has 2 unspecified atom stereocenters. The molecule has 0 aromatic carbocycles. The lowest BCUT2D eigenvalue weighted by molar-refractivity contribution is -0.123. The summed E-state index contributed by atoms with van der Waals surface area (Å²) in [5, 5.41) is 8.35. The van der Waals surface area contributed by atoms with Crippen LogP contribution >= 0.6 is 0 Å². The van der Waals surface area contributed by atoms with Gasteiger partial charge in [-0.15, -0.1) is 10.2 Å². The van der Waals surface area contributed by atoms with Crippen molar-refractivity contribution in [1.82, 2.24) is 19.7 Å². The van der Waals surface area contributed by atoms with Gasteiger partial charge in [-0.1, -0.05) is 13.0 Å². The Hall–Kier alpha value is -2.44.